The third-order valence-corrected chi connectivity index (χ3v) is 3.80. The van der Waals surface area contributed by atoms with Crippen LogP contribution in [0.5, 0.6) is 0 Å². The number of methoxy groups -OCH3 is 1. The molecule has 1 unspecified atom stereocenters. The van der Waals surface area contributed by atoms with Crippen LogP contribution in [-0.4, -0.2) is 24.6 Å². The zero-order chi connectivity index (χ0) is 10.9. The summed E-state index contributed by atoms with van der Waals surface area (Å²) in [7, 11) is 4.05. The maximum Gasteiger partial charge on any atom is 0.221 e. The number of hydrogen-bond donors (Lipinski definition) is 0. The van der Waals surface area contributed by atoms with Crippen LogP contribution in [0.4, 0.5) is 0 Å². The van der Waals surface area contributed by atoms with Gasteiger partial charge >= 0.3 is 0 Å². The molecule has 7 heteroatoms. The van der Waals surface area contributed by atoms with Crippen LogP contribution in [0.15, 0.2) is 14.0 Å². The van der Waals surface area contributed by atoms with Crippen molar-refractivity contribution in [3.63, 3.8) is 0 Å². The number of ether oxygens (including phenoxy) is 1. The smallest absolute Gasteiger partial charge is 0.221 e. The first kappa shape index (κ1) is 14.0. The van der Waals surface area contributed by atoms with Gasteiger partial charge in [0.25, 0.3) is 0 Å². The van der Waals surface area contributed by atoms with Gasteiger partial charge in [-0.25, -0.2) is 14.0 Å². The van der Waals surface area contributed by atoms with Gasteiger partial charge in [-0.2, -0.15) is 0 Å². The van der Waals surface area contributed by atoms with E-state index in [4.69, 9.17) is 4.74 Å². The molecule has 0 aromatic carbocycles. The highest BCUT2D eigenvalue weighted by atomic mass is 31.1. The summed E-state index contributed by atoms with van der Waals surface area (Å²) in [6.07, 6.45) is 1.72. The maximum absolute atomic E-state index is 5.26. The average Bonchev–Trinajstić information content (AvgIpc) is 2.19. The van der Waals surface area contributed by atoms with Gasteiger partial charge in [-0.1, -0.05) is 0 Å². The second-order valence-electron chi connectivity index (χ2n) is 2.26. The third-order valence-electron chi connectivity index (χ3n) is 1.18. The van der Waals surface area contributed by atoms with Gasteiger partial charge in [0.1, 0.15) is 0 Å². The van der Waals surface area contributed by atoms with Crippen molar-refractivity contribution in [1.82, 2.24) is 0 Å². The third kappa shape index (κ3) is 6.45. The quantitative estimate of drug-likeness (QED) is 0.530. The molecule has 0 aromatic heterocycles. The summed E-state index contributed by atoms with van der Waals surface area (Å²) in [5, 5.41) is 0. The average molecular weight is 249 g/mol. The van der Waals surface area contributed by atoms with Crippen LogP contribution in [0, 0.1) is 0 Å². The van der Waals surface area contributed by atoms with E-state index < -0.39 is 5.47 Å². The molecule has 4 nitrogen and oxygen atoms in total. The predicted octanol–water partition coefficient (Wildman–Crippen LogP) is 4.26. The molecular formula is C7H14N3OP3. The fraction of sp³-hybridized carbons (Fsp3) is 0.714. The molecule has 0 aliphatic carbocycles. The van der Waals surface area contributed by atoms with E-state index in [1.54, 1.807) is 13.3 Å². The van der Waals surface area contributed by atoms with Gasteiger partial charge in [0, 0.05) is 21.7 Å². The molecule has 0 N–H and O–H groups in total. The molecule has 0 saturated carbocycles. The van der Waals surface area contributed by atoms with E-state index in [-0.39, 0.29) is 0 Å². The molecule has 0 amide bonds. The van der Waals surface area contributed by atoms with Gasteiger partial charge in [0.05, 0.1) is 8.37 Å². The summed E-state index contributed by atoms with van der Waals surface area (Å²) < 4.78 is 17.7. The van der Waals surface area contributed by atoms with Crippen LogP contribution in [0.25, 0.3) is 0 Å². The predicted molar refractivity (Wildman–Crippen MR) is 66.9 cm³/mol. The maximum atomic E-state index is 5.26. The molecule has 0 rings (SSSR count). The first-order chi connectivity index (χ1) is 6.68. The first-order valence-corrected chi connectivity index (χ1v) is 6.59. The van der Waals surface area contributed by atoms with Crippen molar-refractivity contribution in [2.24, 2.45) is 14.0 Å². The van der Waals surface area contributed by atoms with E-state index in [0.717, 1.165) is 16.7 Å². The summed E-state index contributed by atoms with van der Waals surface area (Å²) in [4.78, 5) is 0. The highest BCUT2D eigenvalue weighted by Crippen LogP contribution is 2.32. The van der Waals surface area contributed by atoms with Crippen molar-refractivity contribution in [2.75, 3.05) is 7.11 Å². The lowest BCUT2D eigenvalue weighted by Gasteiger charge is -2.14. The summed E-state index contributed by atoms with van der Waals surface area (Å²) in [5.41, 5.74) is -0.579. The molecule has 0 aliphatic heterocycles. The standard InChI is InChI=1S/C7H14N3OP3/c1-5-8-14-9-7(3,11-4)13-10-12-6-2/h5-6H,1-4H3. The summed E-state index contributed by atoms with van der Waals surface area (Å²) >= 11 is 0. The summed E-state index contributed by atoms with van der Waals surface area (Å²) in [6, 6.07) is 0. The van der Waals surface area contributed by atoms with E-state index in [1.165, 1.54) is 0 Å². The molecule has 1 atom stereocenters. The molecule has 0 aliphatic rings. The van der Waals surface area contributed by atoms with Crippen molar-refractivity contribution in [2.45, 2.75) is 26.2 Å². The Hall–Kier alpha value is -0.0000000000000000555. The van der Waals surface area contributed by atoms with Gasteiger partial charge < -0.3 is 4.74 Å². The Balaban J connectivity index is 4.46. The van der Waals surface area contributed by atoms with Crippen molar-refractivity contribution < 1.29 is 4.74 Å². The fourth-order valence-corrected chi connectivity index (χ4v) is 2.47. The molecule has 78 valence electrons. The lowest BCUT2D eigenvalue weighted by molar-refractivity contribution is 0.0950. The molecular weight excluding hydrogens is 235 g/mol. The van der Waals surface area contributed by atoms with Gasteiger partial charge in [0.2, 0.25) is 5.47 Å². The minimum Gasteiger partial charge on any atom is -0.349 e. The molecule has 14 heavy (non-hydrogen) atoms. The van der Waals surface area contributed by atoms with Crippen LogP contribution < -0.4 is 0 Å². The number of nitrogens with zero attached hydrogens (tertiary/aromatic N) is 3. The summed E-state index contributed by atoms with van der Waals surface area (Å²) in [6.45, 7) is 5.71. The Bertz CT molecular complexity index is 241. The monoisotopic (exact) mass is 249 g/mol. The zero-order valence-electron chi connectivity index (χ0n) is 8.75. The SMILES string of the molecule is CC=NP=NC(C)(OC)P=NP=CC. The van der Waals surface area contributed by atoms with E-state index in [9.17, 15) is 0 Å². The normalized spacial score (nSPS) is 17.7. The minimum absolute atomic E-state index is 0.579. The summed E-state index contributed by atoms with van der Waals surface area (Å²) in [5.74, 6) is 1.96. The van der Waals surface area contributed by atoms with Crippen LogP contribution in [-0.2, 0) is 4.74 Å². The molecule has 0 bridgehead atoms. The number of hydrogen-bond acceptors (Lipinski definition) is 3. The van der Waals surface area contributed by atoms with Gasteiger partial charge in [-0.15, -0.1) is 0 Å². The molecule has 0 radical (unpaired) electrons. The van der Waals surface area contributed by atoms with Crippen molar-refractivity contribution in [1.29, 1.82) is 0 Å². The highest BCUT2D eigenvalue weighted by Gasteiger charge is 2.19. The second-order valence-corrected chi connectivity index (χ2v) is 5.37. The van der Waals surface area contributed by atoms with Gasteiger partial charge in [-0.3, -0.25) is 0 Å². The van der Waals surface area contributed by atoms with Crippen LogP contribution in [0.3, 0.4) is 0 Å². The topological polar surface area (TPSA) is 46.3 Å². The largest absolute Gasteiger partial charge is 0.349 e. The lowest BCUT2D eigenvalue weighted by Crippen LogP contribution is -2.13. The Morgan fingerprint density at radius 3 is 2.57 bits per heavy atom. The Morgan fingerprint density at radius 1 is 1.36 bits per heavy atom. The fourth-order valence-electron chi connectivity index (χ4n) is 0.423. The molecule has 0 saturated heterocycles. The molecule has 0 aromatic rings. The van der Waals surface area contributed by atoms with E-state index in [1.807, 2.05) is 26.6 Å². The Labute approximate surface area is 89.9 Å². The number of rotatable bonds is 5. The molecule has 0 fully saturated rings. The Kier molecular flexibility index (Phi) is 8.32. The van der Waals surface area contributed by atoms with E-state index >= 15 is 0 Å². The van der Waals surface area contributed by atoms with Gasteiger partial charge in [-0.05, 0) is 26.6 Å². The van der Waals surface area contributed by atoms with Crippen molar-refractivity contribution >= 4 is 37.3 Å². The van der Waals surface area contributed by atoms with E-state index in [2.05, 4.69) is 14.0 Å². The second kappa shape index (κ2) is 8.32. The van der Waals surface area contributed by atoms with Crippen LogP contribution in [0.2, 0.25) is 0 Å². The van der Waals surface area contributed by atoms with Gasteiger partial charge in [0.15, 0.2) is 8.52 Å². The van der Waals surface area contributed by atoms with E-state index in [0.29, 0.717) is 8.52 Å². The zero-order valence-corrected chi connectivity index (χ0v) is 11.4. The minimum atomic E-state index is -0.579. The first-order valence-electron chi connectivity index (χ1n) is 4.03. The van der Waals surface area contributed by atoms with Crippen molar-refractivity contribution in [3.8, 4) is 0 Å². The molecule has 0 spiro atoms. The van der Waals surface area contributed by atoms with Crippen LogP contribution in [0.1, 0.15) is 20.8 Å². The van der Waals surface area contributed by atoms with Crippen molar-refractivity contribution in [3.05, 3.63) is 0 Å². The van der Waals surface area contributed by atoms with Crippen LogP contribution >= 0.6 is 25.3 Å². The lowest BCUT2D eigenvalue weighted by atomic mass is 10.7. The Morgan fingerprint density at radius 2 is 2.07 bits per heavy atom. The molecule has 0 heterocycles. The highest BCUT2D eigenvalue weighted by molar-refractivity contribution is 7.45.